The number of rotatable bonds is 3. The Morgan fingerprint density at radius 1 is 1.56 bits per heavy atom. The van der Waals surface area contributed by atoms with Gasteiger partial charge in [-0.3, -0.25) is 14.9 Å². The van der Waals surface area contributed by atoms with E-state index < -0.39 is 42.6 Å². The molecule has 2 heterocycles. The number of hydrogen-bond donors (Lipinski definition) is 2. The normalized spacial score (nSPS) is 31.8. The van der Waals surface area contributed by atoms with Crippen molar-refractivity contribution < 1.29 is 27.9 Å². The van der Waals surface area contributed by atoms with Gasteiger partial charge in [0.15, 0.2) is 0 Å². The lowest BCUT2D eigenvalue weighted by Gasteiger charge is -2.31. The number of carbonyl (C=O) groups is 2. The van der Waals surface area contributed by atoms with Crippen LogP contribution in [0.3, 0.4) is 0 Å². The zero-order valence-electron chi connectivity index (χ0n) is 9.46. The molecule has 2 saturated heterocycles. The Hall–Kier alpha value is -1.31. The summed E-state index contributed by atoms with van der Waals surface area (Å²) < 4.78 is 36.7. The molecular weight excluding hydrogens is 253 g/mol. The quantitative estimate of drug-likeness (QED) is 0.773. The van der Waals surface area contributed by atoms with Crippen molar-refractivity contribution in [1.29, 1.82) is 0 Å². The predicted octanol–water partition coefficient (Wildman–Crippen LogP) is 0.356. The number of amides is 1. The van der Waals surface area contributed by atoms with Crippen LogP contribution in [0.1, 0.15) is 19.3 Å². The second-order valence-electron chi connectivity index (χ2n) is 4.67. The second-order valence-corrected chi connectivity index (χ2v) is 4.67. The molecule has 0 aliphatic carbocycles. The molecule has 2 rings (SSSR count). The number of alkyl halides is 3. The van der Waals surface area contributed by atoms with Crippen LogP contribution >= 0.6 is 0 Å². The minimum absolute atomic E-state index is 0.394. The Morgan fingerprint density at radius 3 is 2.78 bits per heavy atom. The maximum atomic E-state index is 12.2. The average molecular weight is 266 g/mol. The van der Waals surface area contributed by atoms with Gasteiger partial charge in [0.2, 0.25) is 5.91 Å². The smallest absolute Gasteiger partial charge is 0.401 e. The molecule has 1 amide bonds. The molecule has 2 aliphatic rings. The van der Waals surface area contributed by atoms with Gasteiger partial charge >= 0.3 is 12.1 Å². The van der Waals surface area contributed by atoms with Crippen LogP contribution in [0, 0.1) is 0 Å². The highest BCUT2D eigenvalue weighted by Gasteiger charge is 2.58. The van der Waals surface area contributed by atoms with Gasteiger partial charge in [-0.25, -0.2) is 0 Å². The van der Waals surface area contributed by atoms with Crippen LogP contribution in [0.4, 0.5) is 13.2 Å². The van der Waals surface area contributed by atoms with Crippen LogP contribution in [0.25, 0.3) is 0 Å². The Bertz CT molecular complexity index is 385. The molecule has 0 aromatic heterocycles. The van der Waals surface area contributed by atoms with Crippen molar-refractivity contribution in [2.45, 2.75) is 37.0 Å². The highest BCUT2D eigenvalue weighted by Crippen LogP contribution is 2.37. The van der Waals surface area contributed by atoms with Gasteiger partial charge in [-0.2, -0.15) is 13.2 Å². The van der Waals surface area contributed by atoms with Gasteiger partial charge in [-0.1, -0.05) is 0 Å². The van der Waals surface area contributed by atoms with Gasteiger partial charge in [0, 0.05) is 6.54 Å². The van der Waals surface area contributed by atoms with Gasteiger partial charge in [-0.05, 0) is 12.8 Å². The molecule has 0 spiro atoms. The summed E-state index contributed by atoms with van der Waals surface area (Å²) in [5.74, 6) is -1.79. The summed E-state index contributed by atoms with van der Waals surface area (Å²) in [6.07, 6.45) is -3.87. The first-order valence-corrected chi connectivity index (χ1v) is 5.61. The predicted molar refractivity (Wildman–Crippen MR) is 53.8 cm³/mol. The van der Waals surface area contributed by atoms with Gasteiger partial charge in [0.1, 0.15) is 5.54 Å². The van der Waals surface area contributed by atoms with Gasteiger partial charge in [0.05, 0.1) is 19.0 Å². The van der Waals surface area contributed by atoms with Crippen LogP contribution in [0.15, 0.2) is 0 Å². The van der Waals surface area contributed by atoms with Crippen LogP contribution < -0.4 is 5.32 Å². The molecule has 5 nitrogen and oxygen atoms in total. The molecule has 2 aliphatic heterocycles. The number of carbonyl (C=O) groups excluding carboxylic acids is 1. The second kappa shape index (κ2) is 4.11. The fourth-order valence-corrected chi connectivity index (χ4v) is 2.77. The molecule has 0 aromatic carbocycles. The summed E-state index contributed by atoms with van der Waals surface area (Å²) in [6, 6.07) is -0.676. The number of nitrogens with zero attached hydrogens (tertiary/aromatic N) is 1. The van der Waals surface area contributed by atoms with Crippen molar-refractivity contribution in [1.82, 2.24) is 10.2 Å². The maximum absolute atomic E-state index is 12.2. The fourth-order valence-electron chi connectivity index (χ4n) is 2.77. The summed E-state index contributed by atoms with van der Waals surface area (Å²) in [5.41, 5.74) is -1.80. The van der Waals surface area contributed by atoms with E-state index in [4.69, 9.17) is 0 Å². The van der Waals surface area contributed by atoms with E-state index in [0.29, 0.717) is 19.4 Å². The number of hydrogen-bond acceptors (Lipinski definition) is 3. The minimum atomic E-state index is -4.50. The van der Waals surface area contributed by atoms with Crippen LogP contribution in [-0.2, 0) is 9.59 Å². The van der Waals surface area contributed by atoms with E-state index in [1.54, 1.807) is 0 Å². The summed E-state index contributed by atoms with van der Waals surface area (Å²) in [5, 5.41) is 11.3. The standard InChI is InChI=1S/C10H13F3N2O3/c11-10(12,13)5-14-9(8(17)18)4-7(16)15-3-1-2-6(9)15/h6,14H,1-5H2,(H,17,18). The Kier molecular flexibility index (Phi) is 3.00. The Morgan fingerprint density at radius 2 is 2.22 bits per heavy atom. The number of nitrogens with one attached hydrogen (secondary N) is 1. The summed E-state index contributed by atoms with van der Waals surface area (Å²) in [7, 11) is 0. The van der Waals surface area contributed by atoms with Crippen molar-refractivity contribution in [3.63, 3.8) is 0 Å². The lowest BCUT2D eigenvalue weighted by molar-refractivity contribution is -0.151. The average Bonchev–Trinajstić information content (AvgIpc) is 2.78. The van der Waals surface area contributed by atoms with E-state index in [0.717, 1.165) is 0 Å². The molecule has 0 radical (unpaired) electrons. The number of halogens is 3. The van der Waals surface area contributed by atoms with Gasteiger partial charge in [-0.15, -0.1) is 0 Å². The van der Waals surface area contributed by atoms with Crippen molar-refractivity contribution in [2.75, 3.05) is 13.1 Å². The molecule has 2 atom stereocenters. The van der Waals surface area contributed by atoms with E-state index in [1.807, 2.05) is 5.32 Å². The third kappa shape index (κ3) is 2.05. The molecule has 2 N–H and O–H groups in total. The van der Waals surface area contributed by atoms with Crippen LogP contribution in [0.2, 0.25) is 0 Å². The Labute approximate surface area is 101 Å². The first-order valence-electron chi connectivity index (χ1n) is 5.61. The third-order valence-corrected chi connectivity index (χ3v) is 3.56. The van der Waals surface area contributed by atoms with E-state index in [-0.39, 0.29) is 0 Å². The van der Waals surface area contributed by atoms with E-state index >= 15 is 0 Å². The number of carboxylic acids is 1. The SMILES string of the molecule is O=C1CC(NCC(F)(F)F)(C(=O)O)C2CCCN12. The van der Waals surface area contributed by atoms with Crippen LogP contribution in [0.5, 0.6) is 0 Å². The summed E-state index contributed by atoms with van der Waals surface area (Å²) >= 11 is 0. The topological polar surface area (TPSA) is 69.6 Å². The van der Waals surface area contributed by atoms with Gasteiger partial charge < -0.3 is 10.0 Å². The highest BCUT2D eigenvalue weighted by molar-refractivity contribution is 5.93. The van der Waals surface area contributed by atoms with Crippen molar-refractivity contribution in [2.24, 2.45) is 0 Å². The Balaban J connectivity index is 2.22. The van der Waals surface area contributed by atoms with Crippen molar-refractivity contribution in [3.05, 3.63) is 0 Å². The molecule has 102 valence electrons. The zero-order chi connectivity index (χ0) is 13.6. The van der Waals surface area contributed by atoms with Crippen molar-refractivity contribution in [3.8, 4) is 0 Å². The zero-order valence-corrected chi connectivity index (χ0v) is 9.46. The molecule has 0 saturated carbocycles. The lowest BCUT2D eigenvalue weighted by Crippen LogP contribution is -2.60. The third-order valence-electron chi connectivity index (χ3n) is 3.56. The number of aliphatic carboxylic acids is 1. The first kappa shape index (κ1) is 13.1. The lowest BCUT2D eigenvalue weighted by atomic mass is 9.88. The minimum Gasteiger partial charge on any atom is -0.480 e. The summed E-state index contributed by atoms with van der Waals surface area (Å²) in [4.78, 5) is 24.3. The molecule has 2 fully saturated rings. The van der Waals surface area contributed by atoms with Gasteiger partial charge in [0.25, 0.3) is 0 Å². The molecular formula is C10H13F3N2O3. The fraction of sp³-hybridized carbons (Fsp3) is 0.800. The summed E-state index contributed by atoms with van der Waals surface area (Å²) in [6.45, 7) is -0.983. The molecule has 18 heavy (non-hydrogen) atoms. The van der Waals surface area contributed by atoms with Crippen molar-refractivity contribution >= 4 is 11.9 Å². The highest BCUT2D eigenvalue weighted by atomic mass is 19.4. The van der Waals surface area contributed by atoms with E-state index in [2.05, 4.69) is 0 Å². The molecule has 2 unspecified atom stereocenters. The molecule has 0 aromatic rings. The monoisotopic (exact) mass is 266 g/mol. The van der Waals surface area contributed by atoms with E-state index in [9.17, 15) is 27.9 Å². The van der Waals surface area contributed by atoms with Crippen LogP contribution in [-0.4, -0.2) is 52.7 Å². The number of carboxylic acid groups (broad SMARTS) is 1. The number of fused-ring (bicyclic) bond motifs is 1. The first-order chi connectivity index (χ1) is 8.26. The largest absolute Gasteiger partial charge is 0.480 e. The van der Waals surface area contributed by atoms with E-state index in [1.165, 1.54) is 4.90 Å². The maximum Gasteiger partial charge on any atom is 0.401 e. The molecule has 0 bridgehead atoms. The molecule has 8 heteroatoms.